The predicted molar refractivity (Wildman–Crippen MR) is 219 cm³/mol. The molecule has 0 radical (unpaired) electrons. The van der Waals surface area contributed by atoms with Gasteiger partial charge in [0.05, 0.1) is 5.41 Å². The lowest BCUT2D eigenvalue weighted by atomic mass is 9.70. The molecule has 10 aromatic rings. The Morgan fingerprint density at radius 2 is 0.865 bits per heavy atom. The van der Waals surface area contributed by atoms with Crippen LogP contribution in [0.5, 0.6) is 0 Å². The van der Waals surface area contributed by atoms with Crippen molar-refractivity contribution in [3.63, 3.8) is 0 Å². The Labute approximate surface area is 302 Å². The summed E-state index contributed by atoms with van der Waals surface area (Å²) in [5.41, 5.74) is 13.6. The van der Waals surface area contributed by atoms with Crippen LogP contribution in [0.25, 0.3) is 65.3 Å². The number of fused-ring (bicyclic) bond motifs is 8. The highest BCUT2D eigenvalue weighted by atomic mass is 15.1. The molecule has 0 aliphatic heterocycles. The van der Waals surface area contributed by atoms with Gasteiger partial charge in [-0.05, 0) is 124 Å². The normalized spacial score (nSPS) is 15.4. The van der Waals surface area contributed by atoms with E-state index in [1.807, 2.05) is 0 Å². The lowest BCUT2D eigenvalue weighted by Crippen LogP contribution is -2.26. The first kappa shape index (κ1) is 28.0. The molecule has 2 aliphatic carbocycles. The highest BCUT2D eigenvalue weighted by molar-refractivity contribution is 6.36. The van der Waals surface area contributed by atoms with Gasteiger partial charge in [0.1, 0.15) is 0 Å². The van der Waals surface area contributed by atoms with Crippen LogP contribution in [0.1, 0.15) is 22.3 Å². The van der Waals surface area contributed by atoms with Crippen LogP contribution in [0.4, 0.5) is 17.1 Å². The molecule has 1 heteroatoms. The fourth-order valence-corrected chi connectivity index (χ4v) is 9.94. The Morgan fingerprint density at radius 1 is 0.308 bits per heavy atom. The molecule has 0 N–H and O–H groups in total. The molecule has 0 fully saturated rings. The zero-order valence-electron chi connectivity index (χ0n) is 28.3. The van der Waals surface area contributed by atoms with E-state index in [0.717, 1.165) is 17.1 Å². The van der Waals surface area contributed by atoms with Gasteiger partial charge in [0.25, 0.3) is 0 Å². The maximum absolute atomic E-state index is 2.44. The van der Waals surface area contributed by atoms with Crippen LogP contribution in [0, 0.1) is 0 Å². The van der Waals surface area contributed by atoms with Crippen molar-refractivity contribution in [2.45, 2.75) is 5.41 Å². The SMILES string of the molecule is c1ccc(-c2ccc(N(c3ccccc3)c3ccc4c(c3)-c3ccccc3C43c4cccc5c6cccc7ccc8ccc3c(c45)c8c76)cc2)cc1. The zero-order chi connectivity index (χ0) is 34.0. The van der Waals surface area contributed by atoms with Crippen LogP contribution in [0.15, 0.2) is 188 Å². The Bertz CT molecular complexity index is 3050. The van der Waals surface area contributed by atoms with E-state index in [-0.39, 0.29) is 0 Å². The monoisotopic (exact) mass is 657 g/mol. The molecule has 0 amide bonds. The van der Waals surface area contributed by atoms with Gasteiger partial charge in [0, 0.05) is 17.1 Å². The second-order valence-corrected chi connectivity index (χ2v) is 14.4. The van der Waals surface area contributed by atoms with Crippen LogP contribution < -0.4 is 4.90 Å². The number of rotatable bonds is 4. The summed E-state index contributed by atoms with van der Waals surface area (Å²) in [7, 11) is 0. The van der Waals surface area contributed by atoms with Crippen LogP contribution in [-0.4, -0.2) is 0 Å². The van der Waals surface area contributed by atoms with E-state index in [1.54, 1.807) is 0 Å². The summed E-state index contributed by atoms with van der Waals surface area (Å²) >= 11 is 0. The molecule has 2 aliphatic rings. The minimum Gasteiger partial charge on any atom is -0.310 e. The van der Waals surface area contributed by atoms with Crippen molar-refractivity contribution in [2.75, 3.05) is 4.90 Å². The van der Waals surface area contributed by atoms with Gasteiger partial charge in [-0.2, -0.15) is 0 Å². The standard InChI is InChI=1S/C51H31N/c1-3-11-32(12-4-1)33-23-26-37(27-24-33)52(36-14-5-2-6-15-36)38-28-30-44-42(31-38)39-16-7-8-19-43(39)51(44)45-20-10-18-41-40-17-9-13-34-21-22-35-25-29-46(51)50(49(41)45)48(35)47(34)40/h1-31H. The van der Waals surface area contributed by atoms with Gasteiger partial charge in [-0.15, -0.1) is 0 Å². The van der Waals surface area contributed by atoms with E-state index < -0.39 is 5.41 Å². The molecule has 0 aromatic heterocycles. The second kappa shape index (κ2) is 10.2. The minimum absolute atomic E-state index is 0.404. The molecule has 1 spiro atoms. The summed E-state index contributed by atoms with van der Waals surface area (Å²) in [5, 5.41) is 10.9. The molecule has 0 saturated carbocycles. The van der Waals surface area contributed by atoms with Gasteiger partial charge >= 0.3 is 0 Å². The Morgan fingerprint density at radius 3 is 1.69 bits per heavy atom. The van der Waals surface area contributed by atoms with Gasteiger partial charge in [-0.3, -0.25) is 0 Å². The predicted octanol–water partition coefficient (Wildman–Crippen LogP) is 13.6. The molecule has 52 heavy (non-hydrogen) atoms. The van der Waals surface area contributed by atoms with Gasteiger partial charge in [-0.1, -0.05) is 152 Å². The summed E-state index contributed by atoms with van der Waals surface area (Å²) in [6, 6.07) is 70.0. The van der Waals surface area contributed by atoms with Crippen LogP contribution in [-0.2, 0) is 5.41 Å². The third-order valence-corrected chi connectivity index (χ3v) is 12.0. The fraction of sp³-hybridized carbons (Fsp3) is 0.0196. The van der Waals surface area contributed by atoms with Crippen molar-refractivity contribution in [2.24, 2.45) is 0 Å². The lowest BCUT2D eigenvalue weighted by molar-refractivity contribution is 0.797. The fourth-order valence-electron chi connectivity index (χ4n) is 9.94. The van der Waals surface area contributed by atoms with E-state index in [2.05, 4.69) is 193 Å². The smallest absolute Gasteiger partial charge is 0.0726 e. The summed E-state index contributed by atoms with van der Waals surface area (Å²) in [5.74, 6) is 0. The van der Waals surface area contributed by atoms with Crippen molar-refractivity contribution in [1.82, 2.24) is 0 Å². The number of nitrogens with zero attached hydrogens (tertiary/aromatic N) is 1. The second-order valence-electron chi connectivity index (χ2n) is 14.4. The molecule has 1 unspecified atom stereocenters. The summed E-state index contributed by atoms with van der Waals surface area (Å²) in [6.07, 6.45) is 0. The summed E-state index contributed by atoms with van der Waals surface area (Å²) < 4.78 is 0. The number of anilines is 3. The minimum atomic E-state index is -0.404. The maximum atomic E-state index is 2.44. The first-order chi connectivity index (χ1) is 25.8. The number of benzene rings is 10. The molecule has 0 bridgehead atoms. The molecular weight excluding hydrogens is 627 g/mol. The molecule has 1 atom stereocenters. The van der Waals surface area contributed by atoms with Crippen LogP contribution in [0.3, 0.4) is 0 Å². The van der Waals surface area contributed by atoms with Crippen molar-refractivity contribution < 1.29 is 0 Å². The van der Waals surface area contributed by atoms with Crippen LogP contribution in [0.2, 0.25) is 0 Å². The summed E-state index contributed by atoms with van der Waals surface area (Å²) in [6.45, 7) is 0. The van der Waals surface area contributed by atoms with E-state index in [0.29, 0.717) is 0 Å². The average molecular weight is 658 g/mol. The molecular formula is C51H31N. The topological polar surface area (TPSA) is 3.24 Å². The third kappa shape index (κ3) is 3.48. The van der Waals surface area contributed by atoms with Crippen molar-refractivity contribution >= 4 is 60.2 Å². The highest BCUT2D eigenvalue weighted by Crippen LogP contribution is 2.64. The molecule has 0 saturated heterocycles. The van der Waals surface area contributed by atoms with Gasteiger partial charge in [-0.25, -0.2) is 0 Å². The molecule has 10 aromatic carbocycles. The number of hydrogen-bond donors (Lipinski definition) is 0. The molecule has 0 heterocycles. The first-order valence-electron chi connectivity index (χ1n) is 18.2. The largest absolute Gasteiger partial charge is 0.310 e. The van der Waals surface area contributed by atoms with E-state index in [1.165, 1.54) is 87.6 Å². The summed E-state index contributed by atoms with van der Waals surface area (Å²) in [4.78, 5) is 2.40. The lowest BCUT2D eigenvalue weighted by Gasteiger charge is -2.31. The van der Waals surface area contributed by atoms with Gasteiger partial charge < -0.3 is 4.90 Å². The molecule has 1 nitrogen and oxygen atoms in total. The van der Waals surface area contributed by atoms with Crippen molar-refractivity contribution in [3.8, 4) is 22.3 Å². The average Bonchev–Trinajstić information content (AvgIpc) is 3.69. The van der Waals surface area contributed by atoms with Crippen molar-refractivity contribution in [3.05, 3.63) is 210 Å². The van der Waals surface area contributed by atoms with E-state index in [4.69, 9.17) is 0 Å². The molecule has 240 valence electrons. The Hall–Kier alpha value is -6.70. The molecule has 12 rings (SSSR count). The maximum Gasteiger partial charge on any atom is 0.0726 e. The van der Waals surface area contributed by atoms with E-state index >= 15 is 0 Å². The van der Waals surface area contributed by atoms with Crippen LogP contribution >= 0.6 is 0 Å². The van der Waals surface area contributed by atoms with Gasteiger partial charge in [0.15, 0.2) is 0 Å². The van der Waals surface area contributed by atoms with E-state index in [9.17, 15) is 0 Å². The van der Waals surface area contributed by atoms with Gasteiger partial charge in [0.2, 0.25) is 0 Å². The third-order valence-electron chi connectivity index (χ3n) is 12.0. The van der Waals surface area contributed by atoms with Crippen molar-refractivity contribution in [1.29, 1.82) is 0 Å². The number of hydrogen-bond acceptors (Lipinski definition) is 1. The highest BCUT2D eigenvalue weighted by Gasteiger charge is 2.51. The quantitative estimate of drug-likeness (QED) is 0.134. The zero-order valence-corrected chi connectivity index (χ0v) is 28.3. The Balaban J connectivity index is 1.12. The first-order valence-corrected chi connectivity index (χ1v) is 18.2. The Kier molecular flexibility index (Phi) is 5.49. The number of para-hydroxylation sites is 1.